The molecule has 0 radical (unpaired) electrons. The lowest BCUT2D eigenvalue weighted by Gasteiger charge is -2.23. The van der Waals surface area contributed by atoms with Crippen LogP contribution in [0.4, 0.5) is 11.4 Å². The summed E-state index contributed by atoms with van der Waals surface area (Å²) in [5, 5.41) is 14.9. The van der Waals surface area contributed by atoms with E-state index in [9.17, 15) is 23.3 Å². The molecular weight excluding hydrogens is 432 g/mol. The molecule has 0 bridgehead atoms. The molecule has 0 spiro atoms. The third kappa shape index (κ3) is 5.35. The quantitative estimate of drug-likeness (QED) is 0.319. The highest BCUT2D eigenvalue weighted by atomic mass is 32.2. The minimum atomic E-state index is -4.01. The maximum atomic E-state index is 13.2. The summed E-state index contributed by atoms with van der Waals surface area (Å²) in [7, 11) is -4.01. The van der Waals surface area contributed by atoms with E-state index in [-0.39, 0.29) is 10.6 Å². The Morgan fingerprint density at radius 2 is 1.62 bits per heavy atom. The number of anilines is 1. The van der Waals surface area contributed by atoms with Crippen molar-refractivity contribution in [1.29, 1.82) is 0 Å². The molecule has 9 nitrogen and oxygen atoms in total. The van der Waals surface area contributed by atoms with E-state index in [1.54, 1.807) is 61.5 Å². The number of nitro benzene ring substituents is 1. The van der Waals surface area contributed by atoms with Crippen LogP contribution in [0.25, 0.3) is 0 Å². The molecule has 0 unspecified atom stereocenters. The van der Waals surface area contributed by atoms with Crippen molar-refractivity contribution >= 4 is 33.0 Å². The van der Waals surface area contributed by atoms with E-state index in [0.717, 1.165) is 4.31 Å². The number of para-hydroxylation sites is 1. The number of amides is 1. The summed E-state index contributed by atoms with van der Waals surface area (Å²) in [6.45, 7) is 1.07. The maximum Gasteiger partial charge on any atom is 0.270 e. The normalized spacial score (nSPS) is 11.6. The summed E-state index contributed by atoms with van der Waals surface area (Å²) in [4.78, 5) is 23.0. The van der Waals surface area contributed by atoms with Crippen molar-refractivity contribution in [1.82, 2.24) is 5.43 Å². The first-order chi connectivity index (χ1) is 15.3. The number of carbonyl (C=O) groups excluding carboxylic acids is 1. The van der Waals surface area contributed by atoms with Gasteiger partial charge in [-0.05, 0) is 31.2 Å². The zero-order valence-electron chi connectivity index (χ0n) is 17.1. The summed E-state index contributed by atoms with van der Waals surface area (Å²) in [5.74, 6) is -0.668. The number of nitro groups is 1. The number of hydrogen-bond acceptors (Lipinski definition) is 6. The zero-order chi connectivity index (χ0) is 23.1. The van der Waals surface area contributed by atoms with Gasteiger partial charge in [0.1, 0.15) is 6.54 Å². The lowest BCUT2D eigenvalue weighted by molar-refractivity contribution is -0.384. The van der Waals surface area contributed by atoms with Gasteiger partial charge in [0.05, 0.1) is 21.2 Å². The van der Waals surface area contributed by atoms with Gasteiger partial charge in [0.15, 0.2) is 0 Å². The van der Waals surface area contributed by atoms with Crippen LogP contribution in [0.15, 0.2) is 94.9 Å². The molecular formula is C22H20N4O5S. The van der Waals surface area contributed by atoms with Crippen LogP contribution in [0.1, 0.15) is 12.5 Å². The minimum absolute atomic E-state index is 0.0490. The molecule has 3 rings (SSSR count). The highest BCUT2D eigenvalue weighted by Crippen LogP contribution is 2.23. The van der Waals surface area contributed by atoms with Crippen molar-refractivity contribution in [3.63, 3.8) is 0 Å². The van der Waals surface area contributed by atoms with Gasteiger partial charge in [0.25, 0.3) is 21.6 Å². The molecule has 3 aromatic carbocycles. The van der Waals surface area contributed by atoms with Gasteiger partial charge >= 0.3 is 0 Å². The first-order valence-electron chi connectivity index (χ1n) is 9.50. The molecule has 32 heavy (non-hydrogen) atoms. The predicted octanol–water partition coefficient (Wildman–Crippen LogP) is 3.33. The van der Waals surface area contributed by atoms with Gasteiger partial charge < -0.3 is 0 Å². The Hall–Kier alpha value is -4.05. The molecule has 0 aromatic heterocycles. The monoisotopic (exact) mass is 452 g/mol. The van der Waals surface area contributed by atoms with E-state index in [0.29, 0.717) is 17.0 Å². The Kier molecular flexibility index (Phi) is 6.96. The number of carbonyl (C=O) groups is 1. The molecule has 0 heterocycles. The van der Waals surface area contributed by atoms with E-state index in [4.69, 9.17) is 0 Å². The molecule has 0 aliphatic rings. The second-order valence-corrected chi connectivity index (χ2v) is 8.56. The third-order valence-corrected chi connectivity index (χ3v) is 6.27. The number of rotatable bonds is 8. The number of nitrogens with zero attached hydrogens (tertiary/aromatic N) is 3. The van der Waals surface area contributed by atoms with Crippen molar-refractivity contribution in [2.75, 3.05) is 10.8 Å². The van der Waals surface area contributed by atoms with Gasteiger partial charge in [-0.15, -0.1) is 0 Å². The van der Waals surface area contributed by atoms with E-state index in [2.05, 4.69) is 10.5 Å². The Balaban J connectivity index is 1.83. The Bertz CT molecular complexity index is 1250. The van der Waals surface area contributed by atoms with Crippen LogP contribution in [0.2, 0.25) is 0 Å². The van der Waals surface area contributed by atoms with E-state index in [1.165, 1.54) is 30.3 Å². The van der Waals surface area contributed by atoms with Gasteiger partial charge in [-0.2, -0.15) is 5.10 Å². The van der Waals surface area contributed by atoms with Gasteiger partial charge in [-0.1, -0.05) is 48.5 Å². The fourth-order valence-electron chi connectivity index (χ4n) is 2.85. The standard InChI is InChI=1S/C22H20N4O5S/c1-17(18-9-8-12-20(15-18)26(28)29)23-24-22(27)16-25(19-10-4-2-5-11-19)32(30,31)21-13-6-3-7-14-21/h2-15H,16H2,1H3,(H,24,27)/b23-17-. The molecule has 0 saturated carbocycles. The summed E-state index contributed by atoms with van der Waals surface area (Å²) in [6, 6.07) is 21.9. The van der Waals surface area contributed by atoms with Crippen molar-refractivity contribution in [3.05, 3.63) is 101 Å². The highest BCUT2D eigenvalue weighted by Gasteiger charge is 2.26. The lowest BCUT2D eigenvalue weighted by atomic mass is 10.1. The largest absolute Gasteiger partial charge is 0.271 e. The van der Waals surface area contributed by atoms with Gasteiger partial charge in [0.2, 0.25) is 0 Å². The first kappa shape index (κ1) is 22.6. The summed E-state index contributed by atoms with van der Waals surface area (Å²) < 4.78 is 27.3. The highest BCUT2D eigenvalue weighted by molar-refractivity contribution is 7.92. The number of hydrazone groups is 1. The summed E-state index contributed by atoms with van der Waals surface area (Å²) >= 11 is 0. The van der Waals surface area contributed by atoms with Gasteiger partial charge in [-0.25, -0.2) is 13.8 Å². The lowest BCUT2D eigenvalue weighted by Crippen LogP contribution is -2.39. The van der Waals surface area contributed by atoms with Crippen LogP contribution in [0.3, 0.4) is 0 Å². The van der Waals surface area contributed by atoms with Crippen LogP contribution < -0.4 is 9.73 Å². The topological polar surface area (TPSA) is 122 Å². The molecule has 0 aliphatic heterocycles. The molecule has 164 valence electrons. The number of benzene rings is 3. The van der Waals surface area contributed by atoms with Crippen molar-refractivity contribution in [2.45, 2.75) is 11.8 Å². The average Bonchev–Trinajstić information content (AvgIpc) is 2.82. The average molecular weight is 452 g/mol. The Labute approximate surface area is 185 Å². The molecule has 0 atom stereocenters. The smallest absolute Gasteiger partial charge is 0.270 e. The fourth-order valence-corrected chi connectivity index (χ4v) is 4.29. The van der Waals surface area contributed by atoms with Crippen LogP contribution >= 0.6 is 0 Å². The van der Waals surface area contributed by atoms with E-state index in [1.807, 2.05) is 0 Å². The predicted molar refractivity (Wildman–Crippen MR) is 121 cm³/mol. The molecule has 1 N–H and O–H groups in total. The third-order valence-electron chi connectivity index (χ3n) is 4.49. The molecule has 3 aromatic rings. The fraction of sp³-hybridized carbons (Fsp3) is 0.0909. The number of non-ortho nitro benzene ring substituents is 1. The van der Waals surface area contributed by atoms with Gasteiger partial charge in [0, 0.05) is 17.7 Å². The van der Waals surface area contributed by atoms with Crippen LogP contribution in [-0.2, 0) is 14.8 Å². The SMILES string of the molecule is C/C(=N/NC(=O)CN(c1ccccc1)S(=O)(=O)c1ccccc1)c1cccc([N+](=O)[O-])c1. The second-order valence-electron chi connectivity index (χ2n) is 6.70. The second kappa shape index (κ2) is 9.84. The minimum Gasteiger partial charge on any atom is -0.271 e. The molecule has 0 aliphatic carbocycles. The molecule has 0 fully saturated rings. The van der Waals surface area contributed by atoms with Crippen molar-refractivity contribution in [3.8, 4) is 0 Å². The van der Waals surface area contributed by atoms with Crippen molar-refractivity contribution < 1.29 is 18.1 Å². The first-order valence-corrected chi connectivity index (χ1v) is 10.9. The zero-order valence-corrected chi connectivity index (χ0v) is 17.9. The summed E-state index contributed by atoms with van der Waals surface area (Å²) in [5.41, 5.74) is 3.33. The van der Waals surface area contributed by atoms with E-state index < -0.39 is 27.4 Å². The molecule has 1 amide bonds. The van der Waals surface area contributed by atoms with E-state index >= 15 is 0 Å². The molecule has 0 saturated heterocycles. The van der Waals surface area contributed by atoms with Crippen LogP contribution in [0, 0.1) is 10.1 Å². The van der Waals surface area contributed by atoms with Gasteiger partial charge in [-0.3, -0.25) is 19.2 Å². The Morgan fingerprint density at radius 3 is 2.25 bits per heavy atom. The van der Waals surface area contributed by atoms with Crippen molar-refractivity contribution in [2.24, 2.45) is 5.10 Å². The van der Waals surface area contributed by atoms with Crippen LogP contribution in [0.5, 0.6) is 0 Å². The number of nitrogens with one attached hydrogen (secondary N) is 1. The number of hydrogen-bond donors (Lipinski definition) is 1. The Morgan fingerprint density at radius 1 is 1.00 bits per heavy atom. The number of sulfonamides is 1. The summed E-state index contributed by atoms with van der Waals surface area (Å²) in [6.07, 6.45) is 0. The van der Waals surface area contributed by atoms with Crippen LogP contribution in [-0.4, -0.2) is 31.5 Å². The molecule has 10 heteroatoms. The maximum absolute atomic E-state index is 13.2.